The second-order valence-electron chi connectivity index (χ2n) is 6.86. The highest BCUT2D eigenvalue weighted by molar-refractivity contribution is 5.92. The van der Waals surface area contributed by atoms with Crippen LogP contribution in [-0.4, -0.2) is 74.1 Å². The normalized spacial score (nSPS) is 14.8. The Morgan fingerprint density at radius 2 is 1.72 bits per heavy atom. The van der Waals surface area contributed by atoms with Crippen molar-refractivity contribution in [3.05, 3.63) is 29.8 Å². The Kier molecular flexibility index (Phi) is 9.50. The standard InChI is InChI=1S/C22H33N3O4/c1-4-11-23-21(26)17-24-12-14-25(15-13-24)22(27)10-8-18-7-9-19(28-5-2)20(16-18)29-6-3/h7-10,16H,4-6,11-15,17H2,1-3H3,(H,23,26)/b10-8+. The highest BCUT2D eigenvalue weighted by atomic mass is 16.5. The van der Waals surface area contributed by atoms with Crippen molar-refractivity contribution < 1.29 is 19.1 Å². The molecule has 29 heavy (non-hydrogen) atoms. The summed E-state index contributed by atoms with van der Waals surface area (Å²) in [5, 5.41) is 2.89. The predicted octanol–water partition coefficient (Wildman–Crippen LogP) is 2.17. The maximum atomic E-state index is 12.5. The van der Waals surface area contributed by atoms with Crippen molar-refractivity contribution in [1.29, 1.82) is 0 Å². The Hall–Kier alpha value is -2.54. The lowest BCUT2D eigenvalue weighted by Crippen LogP contribution is -2.50. The molecule has 1 heterocycles. The van der Waals surface area contributed by atoms with Crippen molar-refractivity contribution >= 4 is 17.9 Å². The topological polar surface area (TPSA) is 71.1 Å². The Labute approximate surface area is 173 Å². The van der Waals surface area contributed by atoms with E-state index in [-0.39, 0.29) is 11.8 Å². The third-order valence-corrected chi connectivity index (χ3v) is 4.61. The SMILES string of the molecule is CCCNC(=O)CN1CCN(C(=O)/C=C/c2ccc(OCC)c(OCC)c2)CC1. The van der Waals surface area contributed by atoms with E-state index in [2.05, 4.69) is 10.2 Å². The molecule has 0 radical (unpaired) electrons. The Balaban J connectivity index is 1.87. The molecule has 0 spiro atoms. The van der Waals surface area contributed by atoms with Gasteiger partial charge in [-0.3, -0.25) is 14.5 Å². The van der Waals surface area contributed by atoms with Crippen LogP contribution in [0, 0.1) is 0 Å². The van der Waals surface area contributed by atoms with Crippen LogP contribution in [0.25, 0.3) is 6.08 Å². The van der Waals surface area contributed by atoms with Crippen LogP contribution >= 0.6 is 0 Å². The van der Waals surface area contributed by atoms with Crippen LogP contribution in [0.2, 0.25) is 0 Å². The van der Waals surface area contributed by atoms with Crippen LogP contribution in [0.5, 0.6) is 11.5 Å². The average Bonchev–Trinajstić information content (AvgIpc) is 2.73. The molecule has 7 heteroatoms. The van der Waals surface area contributed by atoms with E-state index in [1.165, 1.54) is 0 Å². The third kappa shape index (κ3) is 7.42. The molecule has 0 bridgehead atoms. The van der Waals surface area contributed by atoms with Crippen LogP contribution in [0.4, 0.5) is 0 Å². The van der Waals surface area contributed by atoms with Gasteiger partial charge in [0.05, 0.1) is 19.8 Å². The van der Waals surface area contributed by atoms with Gasteiger partial charge in [-0.25, -0.2) is 0 Å². The van der Waals surface area contributed by atoms with Gasteiger partial charge in [0, 0.05) is 38.8 Å². The van der Waals surface area contributed by atoms with Crippen molar-refractivity contribution in [3.8, 4) is 11.5 Å². The van der Waals surface area contributed by atoms with E-state index < -0.39 is 0 Å². The first kappa shape index (κ1) is 22.7. The summed E-state index contributed by atoms with van der Waals surface area (Å²) < 4.78 is 11.2. The maximum Gasteiger partial charge on any atom is 0.246 e. The minimum absolute atomic E-state index is 0.0214. The summed E-state index contributed by atoms with van der Waals surface area (Å²) in [6.07, 6.45) is 4.32. The molecule has 2 rings (SSSR count). The number of rotatable bonds is 10. The number of amides is 2. The summed E-state index contributed by atoms with van der Waals surface area (Å²) in [6, 6.07) is 5.65. The number of nitrogens with zero attached hydrogens (tertiary/aromatic N) is 2. The fourth-order valence-electron chi connectivity index (χ4n) is 3.09. The second-order valence-corrected chi connectivity index (χ2v) is 6.86. The molecule has 1 fully saturated rings. The minimum atomic E-state index is -0.0214. The smallest absolute Gasteiger partial charge is 0.246 e. The minimum Gasteiger partial charge on any atom is -0.490 e. The molecule has 1 saturated heterocycles. The molecule has 1 aliphatic rings. The molecule has 1 N–H and O–H groups in total. The monoisotopic (exact) mass is 403 g/mol. The van der Waals surface area contributed by atoms with E-state index in [4.69, 9.17) is 9.47 Å². The number of hydrogen-bond acceptors (Lipinski definition) is 5. The third-order valence-electron chi connectivity index (χ3n) is 4.61. The summed E-state index contributed by atoms with van der Waals surface area (Å²) in [7, 11) is 0. The number of carbonyl (C=O) groups is 2. The summed E-state index contributed by atoms with van der Waals surface area (Å²) in [5.41, 5.74) is 0.886. The van der Waals surface area contributed by atoms with Gasteiger partial charge >= 0.3 is 0 Å². The first-order valence-corrected chi connectivity index (χ1v) is 10.4. The van der Waals surface area contributed by atoms with Crippen molar-refractivity contribution in [2.45, 2.75) is 27.2 Å². The second kappa shape index (κ2) is 12.1. The molecular formula is C22H33N3O4. The zero-order chi connectivity index (χ0) is 21.1. The van der Waals surface area contributed by atoms with Crippen LogP contribution in [0.3, 0.4) is 0 Å². The molecule has 160 valence electrons. The van der Waals surface area contributed by atoms with Crippen LogP contribution in [0.15, 0.2) is 24.3 Å². The van der Waals surface area contributed by atoms with Gasteiger partial charge in [-0.1, -0.05) is 13.0 Å². The van der Waals surface area contributed by atoms with Crippen LogP contribution in [-0.2, 0) is 9.59 Å². The van der Waals surface area contributed by atoms with Crippen molar-refractivity contribution in [1.82, 2.24) is 15.1 Å². The lowest BCUT2D eigenvalue weighted by molar-refractivity contribution is -0.128. The molecule has 1 aliphatic heterocycles. The molecule has 2 amide bonds. The molecule has 1 aromatic carbocycles. The number of benzene rings is 1. The first-order chi connectivity index (χ1) is 14.1. The van der Waals surface area contributed by atoms with E-state index in [9.17, 15) is 9.59 Å². The van der Waals surface area contributed by atoms with E-state index in [1.54, 1.807) is 12.2 Å². The molecule has 0 unspecified atom stereocenters. The molecule has 1 aromatic rings. The summed E-state index contributed by atoms with van der Waals surface area (Å²) in [4.78, 5) is 28.2. The van der Waals surface area contributed by atoms with Gasteiger partial charge in [0.2, 0.25) is 11.8 Å². The summed E-state index contributed by atoms with van der Waals surface area (Å²) in [5.74, 6) is 1.41. The van der Waals surface area contributed by atoms with Crippen molar-refractivity contribution in [3.63, 3.8) is 0 Å². The number of nitrogens with one attached hydrogen (secondary N) is 1. The van der Waals surface area contributed by atoms with Crippen molar-refractivity contribution in [2.24, 2.45) is 0 Å². The fraction of sp³-hybridized carbons (Fsp3) is 0.545. The van der Waals surface area contributed by atoms with Crippen LogP contribution in [0.1, 0.15) is 32.8 Å². The van der Waals surface area contributed by atoms with Gasteiger partial charge in [0.15, 0.2) is 11.5 Å². The van der Waals surface area contributed by atoms with Gasteiger partial charge < -0.3 is 19.7 Å². The average molecular weight is 404 g/mol. The Bertz CT molecular complexity index is 697. The zero-order valence-corrected chi connectivity index (χ0v) is 17.8. The van der Waals surface area contributed by atoms with Crippen molar-refractivity contribution in [2.75, 3.05) is 52.5 Å². The molecule has 0 atom stereocenters. The highest BCUT2D eigenvalue weighted by Crippen LogP contribution is 2.29. The van der Waals surface area contributed by atoms with E-state index in [1.807, 2.05) is 43.9 Å². The van der Waals surface area contributed by atoms with Gasteiger partial charge in [-0.2, -0.15) is 0 Å². The lowest BCUT2D eigenvalue weighted by Gasteiger charge is -2.33. The molecule has 0 saturated carbocycles. The van der Waals surface area contributed by atoms with E-state index in [0.29, 0.717) is 64.0 Å². The quantitative estimate of drug-likeness (QED) is 0.606. The first-order valence-electron chi connectivity index (χ1n) is 10.4. The van der Waals surface area contributed by atoms with Gasteiger partial charge in [-0.05, 0) is 44.0 Å². The molecule has 0 aliphatic carbocycles. The number of ether oxygens (including phenoxy) is 2. The molecule has 7 nitrogen and oxygen atoms in total. The molecular weight excluding hydrogens is 370 g/mol. The lowest BCUT2D eigenvalue weighted by atomic mass is 10.2. The van der Waals surface area contributed by atoms with Crippen LogP contribution < -0.4 is 14.8 Å². The summed E-state index contributed by atoms with van der Waals surface area (Å²) >= 11 is 0. The summed E-state index contributed by atoms with van der Waals surface area (Å²) in [6.45, 7) is 10.8. The maximum absolute atomic E-state index is 12.5. The number of carbonyl (C=O) groups excluding carboxylic acids is 2. The highest BCUT2D eigenvalue weighted by Gasteiger charge is 2.21. The fourth-order valence-corrected chi connectivity index (χ4v) is 3.09. The Morgan fingerprint density at radius 3 is 2.38 bits per heavy atom. The van der Waals surface area contributed by atoms with Gasteiger partial charge in [-0.15, -0.1) is 0 Å². The van der Waals surface area contributed by atoms with E-state index in [0.717, 1.165) is 12.0 Å². The zero-order valence-electron chi connectivity index (χ0n) is 17.8. The predicted molar refractivity (Wildman–Crippen MR) is 114 cm³/mol. The molecule has 0 aromatic heterocycles. The largest absolute Gasteiger partial charge is 0.490 e. The van der Waals surface area contributed by atoms with Gasteiger partial charge in [0.1, 0.15) is 0 Å². The number of piperazine rings is 1. The van der Waals surface area contributed by atoms with E-state index >= 15 is 0 Å². The van der Waals surface area contributed by atoms with Gasteiger partial charge in [0.25, 0.3) is 0 Å². The Morgan fingerprint density at radius 1 is 1.03 bits per heavy atom. The number of hydrogen-bond donors (Lipinski definition) is 1.